The van der Waals surface area contributed by atoms with E-state index < -0.39 is 5.97 Å². The zero-order valence-corrected chi connectivity index (χ0v) is 10.7. The SMILES string of the molecule is C[C@H](Cc1ccccc1)C(=O)N[C@@H](C)CC(=O)O. The molecular weight excluding hydrogens is 230 g/mol. The molecule has 0 aromatic heterocycles. The second-order valence-corrected chi connectivity index (χ2v) is 4.60. The van der Waals surface area contributed by atoms with Crippen LogP contribution in [0.5, 0.6) is 0 Å². The van der Waals surface area contributed by atoms with Crippen LogP contribution in [0.4, 0.5) is 0 Å². The van der Waals surface area contributed by atoms with Crippen LogP contribution in [0, 0.1) is 5.92 Å². The van der Waals surface area contributed by atoms with Crippen LogP contribution in [0.2, 0.25) is 0 Å². The second-order valence-electron chi connectivity index (χ2n) is 4.60. The van der Waals surface area contributed by atoms with Gasteiger partial charge in [0.25, 0.3) is 0 Å². The van der Waals surface area contributed by atoms with E-state index in [9.17, 15) is 9.59 Å². The summed E-state index contributed by atoms with van der Waals surface area (Å²) in [4.78, 5) is 22.3. The van der Waals surface area contributed by atoms with E-state index in [0.29, 0.717) is 6.42 Å². The third-order valence-corrected chi connectivity index (χ3v) is 2.70. The summed E-state index contributed by atoms with van der Waals surface area (Å²) in [6, 6.07) is 9.42. The van der Waals surface area contributed by atoms with E-state index in [-0.39, 0.29) is 24.3 Å². The molecule has 0 saturated heterocycles. The summed E-state index contributed by atoms with van der Waals surface area (Å²) in [6.07, 6.45) is 0.607. The molecule has 0 spiro atoms. The molecule has 0 heterocycles. The molecule has 98 valence electrons. The molecule has 1 aromatic carbocycles. The minimum absolute atomic E-state index is 0.0518. The molecule has 0 aliphatic rings. The fourth-order valence-electron chi connectivity index (χ4n) is 1.76. The van der Waals surface area contributed by atoms with Crippen molar-refractivity contribution in [2.45, 2.75) is 32.7 Å². The van der Waals surface area contributed by atoms with Gasteiger partial charge in [0.2, 0.25) is 5.91 Å². The van der Waals surface area contributed by atoms with E-state index in [1.165, 1.54) is 0 Å². The van der Waals surface area contributed by atoms with Crippen LogP contribution in [0.25, 0.3) is 0 Å². The van der Waals surface area contributed by atoms with Gasteiger partial charge >= 0.3 is 5.97 Å². The third-order valence-electron chi connectivity index (χ3n) is 2.70. The first-order valence-corrected chi connectivity index (χ1v) is 6.05. The molecule has 4 heteroatoms. The van der Waals surface area contributed by atoms with Crippen LogP contribution >= 0.6 is 0 Å². The Bertz CT molecular complexity index is 403. The fraction of sp³-hybridized carbons (Fsp3) is 0.429. The summed E-state index contributed by atoms with van der Waals surface area (Å²) in [5.41, 5.74) is 1.10. The summed E-state index contributed by atoms with van der Waals surface area (Å²) in [6.45, 7) is 3.54. The highest BCUT2D eigenvalue weighted by molar-refractivity contribution is 5.79. The Hall–Kier alpha value is -1.84. The maximum absolute atomic E-state index is 11.8. The Balaban J connectivity index is 2.44. The number of nitrogens with one attached hydrogen (secondary N) is 1. The van der Waals surface area contributed by atoms with E-state index in [4.69, 9.17) is 5.11 Å². The first-order valence-electron chi connectivity index (χ1n) is 6.05. The summed E-state index contributed by atoms with van der Waals surface area (Å²) in [5.74, 6) is -1.17. The molecule has 1 aromatic rings. The van der Waals surface area contributed by atoms with Crippen molar-refractivity contribution in [3.8, 4) is 0 Å². The van der Waals surface area contributed by atoms with Gasteiger partial charge in [-0.1, -0.05) is 37.3 Å². The van der Waals surface area contributed by atoms with Crippen LogP contribution in [-0.2, 0) is 16.0 Å². The van der Waals surface area contributed by atoms with Gasteiger partial charge in [0.15, 0.2) is 0 Å². The largest absolute Gasteiger partial charge is 0.481 e. The molecule has 18 heavy (non-hydrogen) atoms. The van der Waals surface area contributed by atoms with Gasteiger partial charge in [0, 0.05) is 12.0 Å². The maximum Gasteiger partial charge on any atom is 0.305 e. The van der Waals surface area contributed by atoms with Gasteiger partial charge in [-0.2, -0.15) is 0 Å². The zero-order valence-electron chi connectivity index (χ0n) is 10.7. The van der Waals surface area contributed by atoms with Crippen LogP contribution in [0.15, 0.2) is 30.3 Å². The lowest BCUT2D eigenvalue weighted by Crippen LogP contribution is -2.38. The summed E-state index contributed by atoms with van der Waals surface area (Å²) >= 11 is 0. The lowest BCUT2D eigenvalue weighted by atomic mass is 10.00. The fourth-order valence-corrected chi connectivity index (χ4v) is 1.76. The minimum Gasteiger partial charge on any atom is -0.481 e. The van der Waals surface area contributed by atoms with E-state index >= 15 is 0 Å². The molecule has 2 atom stereocenters. The molecule has 1 rings (SSSR count). The quantitative estimate of drug-likeness (QED) is 0.808. The van der Waals surface area contributed by atoms with Crippen LogP contribution < -0.4 is 5.32 Å². The lowest BCUT2D eigenvalue weighted by Gasteiger charge is -2.16. The molecule has 0 bridgehead atoms. The number of hydrogen-bond acceptors (Lipinski definition) is 2. The van der Waals surface area contributed by atoms with Crippen LogP contribution in [0.1, 0.15) is 25.8 Å². The predicted octanol–water partition coefficient (Wildman–Crippen LogP) is 1.84. The Morgan fingerprint density at radius 2 is 1.83 bits per heavy atom. The number of carbonyl (C=O) groups is 2. The number of rotatable bonds is 6. The molecule has 0 unspecified atom stereocenters. The van der Waals surface area contributed by atoms with E-state index in [2.05, 4.69) is 5.32 Å². The summed E-state index contributed by atoms with van der Waals surface area (Å²) in [5, 5.41) is 11.3. The van der Waals surface area contributed by atoms with Gasteiger partial charge in [0.05, 0.1) is 6.42 Å². The van der Waals surface area contributed by atoms with Crippen molar-refractivity contribution in [2.24, 2.45) is 5.92 Å². The minimum atomic E-state index is -0.904. The molecule has 0 saturated carbocycles. The third kappa shape index (κ3) is 4.99. The average Bonchev–Trinajstić information content (AvgIpc) is 2.28. The molecule has 0 aliphatic heterocycles. The molecular formula is C14H19NO3. The van der Waals surface area contributed by atoms with Gasteiger partial charge < -0.3 is 10.4 Å². The van der Waals surface area contributed by atoms with Crippen molar-refractivity contribution in [3.05, 3.63) is 35.9 Å². The zero-order chi connectivity index (χ0) is 13.5. The van der Waals surface area contributed by atoms with Gasteiger partial charge in [-0.3, -0.25) is 9.59 Å². The molecule has 2 N–H and O–H groups in total. The van der Waals surface area contributed by atoms with Crippen molar-refractivity contribution in [1.82, 2.24) is 5.32 Å². The number of hydrogen-bond donors (Lipinski definition) is 2. The molecule has 0 radical (unpaired) electrons. The molecule has 0 fully saturated rings. The summed E-state index contributed by atoms with van der Waals surface area (Å²) < 4.78 is 0. The Morgan fingerprint density at radius 1 is 1.22 bits per heavy atom. The number of amides is 1. The van der Waals surface area contributed by atoms with Crippen molar-refractivity contribution in [3.63, 3.8) is 0 Å². The standard InChI is InChI=1S/C14H19NO3/c1-10(8-12-6-4-3-5-7-12)14(18)15-11(2)9-13(16)17/h3-7,10-11H,8-9H2,1-2H3,(H,15,18)(H,16,17)/t10-,11+/m1/s1. The first kappa shape index (κ1) is 14.2. The van der Waals surface area contributed by atoms with Gasteiger partial charge in [0.1, 0.15) is 0 Å². The predicted molar refractivity (Wildman–Crippen MR) is 69.2 cm³/mol. The Morgan fingerprint density at radius 3 is 2.39 bits per heavy atom. The Kier molecular flexibility index (Phi) is 5.36. The smallest absolute Gasteiger partial charge is 0.305 e. The highest BCUT2D eigenvalue weighted by Crippen LogP contribution is 2.08. The van der Waals surface area contributed by atoms with E-state index in [1.807, 2.05) is 37.3 Å². The number of carboxylic acids is 1. The normalized spacial score (nSPS) is 13.7. The highest BCUT2D eigenvalue weighted by atomic mass is 16.4. The van der Waals surface area contributed by atoms with Crippen molar-refractivity contribution >= 4 is 11.9 Å². The number of carboxylic acid groups (broad SMARTS) is 1. The van der Waals surface area contributed by atoms with E-state index in [0.717, 1.165) is 5.56 Å². The molecule has 1 amide bonds. The molecule has 0 aliphatic carbocycles. The number of aliphatic carboxylic acids is 1. The van der Waals surface area contributed by atoms with Crippen molar-refractivity contribution in [1.29, 1.82) is 0 Å². The summed E-state index contributed by atoms with van der Waals surface area (Å²) in [7, 11) is 0. The maximum atomic E-state index is 11.8. The average molecular weight is 249 g/mol. The van der Waals surface area contributed by atoms with Crippen molar-refractivity contribution in [2.75, 3.05) is 0 Å². The lowest BCUT2D eigenvalue weighted by molar-refractivity contribution is -0.137. The second kappa shape index (κ2) is 6.79. The highest BCUT2D eigenvalue weighted by Gasteiger charge is 2.16. The van der Waals surface area contributed by atoms with Crippen LogP contribution in [-0.4, -0.2) is 23.0 Å². The van der Waals surface area contributed by atoms with Gasteiger partial charge in [-0.05, 0) is 18.9 Å². The monoisotopic (exact) mass is 249 g/mol. The first-order chi connectivity index (χ1) is 8.49. The van der Waals surface area contributed by atoms with Crippen LogP contribution in [0.3, 0.4) is 0 Å². The number of carbonyl (C=O) groups excluding carboxylic acids is 1. The van der Waals surface area contributed by atoms with E-state index in [1.54, 1.807) is 6.92 Å². The topological polar surface area (TPSA) is 66.4 Å². The van der Waals surface area contributed by atoms with Crippen molar-refractivity contribution < 1.29 is 14.7 Å². The Labute approximate surface area is 107 Å². The van der Waals surface area contributed by atoms with Gasteiger partial charge in [-0.15, -0.1) is 0 Å². The van der Waals surface area contributed by atoms with Gasteiger partial charge in [-0.25, -0.2) is 0 Å². The molecule has 4 nitrogen and oxygen atoms in total. The number of benzene rings is 1.